The Bertz CT molecular complexity index is 1680. The number of fused-ring (bicyclic) bond motifs is 1. The molecule has 5 rings (SSSR count). The lowest BCUT2D eigenvalue weighted by atomic mass is 9.62. The number of esters is 1. The lowest BCUT2D eigenvalue weighted by molar-refractivity contribution is -0.149. The molecule has 3 atom stereocenters. The molecule has 2 aliphatic rings. The third-order valence-electron chi connectivity index (χ3n) is 9.56. The number of ether oxygens (including phenoxy) is 1. The van der Waals surface area contributed by atoms with Crippen molar-refractivity contribution in [2.45, 2.75) is 69.9 Å². The summed E-state index contributed by atoms with van der Waals surface area (Å²) in [7, 11) is 1.61. The Hall–Kier alpha value is -4.38. The largest absolute Gasteiger partial charge is 0.464 e. The summed E-state index contributed by atoms with van der Waals surface area (Å²) in [6, 6.07) is 19.4. The third kappa shape index (κ3) is 7.21. The molecule has 1 aliphatic carbocycles. The molecule has 1 aromatic heterocycles. The molecule has 0 radical (unpaired) electrons. The maximum Gasteiger partial charge on any atom is 0.328 e. The van der Waals surface area contributed by atoms with Gasteiger partial charge in [-0.15, -0.1) is 0 Å². The molecule has 256 valence electrons. The molecule has 3 amide bonds. The van der Waals surface area contributed by atoms with Crippen molar-refractivity contribution in [3.63, 3.8) is 0 Å². The maximum atomic E-state index is 14.5. The molecule has 0 bridgehead atoms. The van der Waals surface area contributed by atoms with E-state index in [2.05, 4.69) is 10.6 Å². The van der Waals surface area contributed by atoms with E-state index >= 15 is 0 Å². The molecule has 2 aromatic carbocycles. The topological polar surface area (TPSA) is 127 Å². The molecule has 1 fully saturated rings. The maximum absolute atomic E-state index is 14.5. The number of benzene rings is 2. The number of amides is 3. The van der Waals surface area contributed by atoms with Crippen LogP contribution in [0.4, 0.5) is 0 Å². The molecule has 1 saturated heterocycles. The minimum absolute atomic E-state index is 0. The normalized spacial score (nSPS) is 19.8. The van der Waals surface area contributed by atoms with Crippen LogP contribution in [0.5, 0.6) is 0 Å². The van der Waals surface area contributed by atoms with E-state index in [1.54, 1.807) is 26.2 Å². The van der Waals surface area contributed by atoms with E-state index in [1.165, 1.54) is 10.6 Å². The number of aromatic nitrogens is 1. The number of piperidine rings is 1. The zero-order valence-corrected chi connectivity index (χ0v) is 29.0. The Morgan fingerprint density at radius 1 is 0.938 bits per heavy atom. The standard InChI is InChI=1S/C37H44N4O6.H2S/c1-5-47-35(45)31(24(2)3)39-36(46)37(25-12-7-6-8-13-25)20-17-28(27-14-9-10-16-30(27)37)34(44)41-22-18-26(19-23-41)38-32(42)29-15-11-21-40(4)33(29)43;/h6-16,21,24,26,28,31H,5,17-20,22-23H2,1-4H3,(H,38,42)(H,39,46);1H2/t28-,31+,37+;/m0./s1. The number of nitrogens with one attached hydrogen (secondary N) is 2. The van der Waals surface area contributed by atoms with E-state index in [0.29, 0.717) is 38.8 Å². The van der Waals surface area contributed by atoms with Crippen LogP contribution in [-0.4, -0.2) is 64.9 Å². The Labute approximate surface area is 288 Å². The van der Waals surface area contributed by atoms with Gasteiger partial charge in [-0.25, -0.2) is 4.79 Å². The third-order valence-corrected chi connectivity index (χ3v) is 9.56. The molecule has 10 nitrogen and oxygen atoms in total. The second kappa shape index (κ2) is 15.7. The highest BCUT2D eigenvalue weighted by Crippen LogP contribution is 2.48. The van der Waals surface area contributed by atoms with E-state index in [9.17, 15) is 24.0 Å². The number of hydrogen-bond donors (Lipinski definition) is 2. The number of rotatable bonds is 9. The van der Waals surface area contributed by atoms with Crippen LogP contribution in [0, 0.1) is 5.92 Å². The van der Waals surface area contributed by atoms with Crippen LogP contribution < -0.4 is 16.2 Å². The second-order valence-corrected chi connectivity index (χ2v) is 12.8. The van der Waals surface area contributed by atoms with E-state index < -0.39 is 29.3 Å². The number of nitrogens with zero attached hydrogens (tertiary/aromatic N) is 2. The minimum atomic E-state index is -1.11. The zero-order chi connectivity index (χ0) is 33.7. The molecular formula is C37H46N4O6S. The molecule has 1 aliphatic heterocycles. The van der Waals surface area contributed by atoms with Gasteiger partial charge in [0, 0.05) is 32.4 Å². The van der Waals surface area contributed by atoms with Gasteiger partial charge in [-0.2, -0.15) is 13.5 Å². The lowest BCUT2D eigenvalue weighted by Gasteiger charge is -2.43. The van der Waals surface area contributed by atoms with E-state index in [0.717, 1.165) is 16.7 Å². The van der Waals surface area contributed by atoms with Gasteiger partial charge in [0.15, 0.2) is 0 Å². The predicted octanol–water partition coefficient (Wildman–Crippen LogP) is 3.79. The van der Waals surface area contributed by atoms with Crippen LogP contribution in [0.25, 0.3) is 0 Å². The van der Waals surface area contributed by atoms with Gasteiger partial charge in [0.1, 0.15) is 11.6 Å². The highest BCUT2D eigenvalue weighted by molar-refractivity contribution is 7.59. The molecule has 2 heterocycles. The monoisotopic (exact) mass is 674 g/mol. The number of carbonyl (C=O) groups excluding carboxylic acids is 4. The number of carbonyl (C=O) groups is 4. The quantitative estimate of drug-likeness (QED) is 0.333. The van der Waals surface area contributed by atoms with Crippen molar-refractivity contribution < 1.29 is 23.9 Å². The van der Waals surface area contributed by atoms with Gasteiger partial charge in [-0.05, 0) is 67.3 Å². The molecule has 0 unspecified atom stereocenters. The van der Waals surface area contributed by atoms with Gasteiger partial charge in [0.05, 0.1) is 17.9 Å². The second-order valence-electron chi connectivity index (χ2n) is 12.8. The summed E-state index contributed by atoms with van der Waals surface area (Å²) in [6.45, 7) is 6.63. The van der Waals surface area contributed by atoms with Crippen LogP contribution in [0.1, 0.15) is 79.4 Å². The molecule has 48 heavy (non-hydrogen) atoms. The minimum Gasteiger partial charge on any atom is -0.464 e. The zero-order valence-electron chi connectivity index (χ0n) is 28.0. The van der Waals surface area contributed by atoms with Crippen LogP contribution in [0.2, 0.25) is 0 Å². The highest BCUT2D eigenvalue weighted by atomic mass is 32.1. The van der Waals surface area contributed by atoms with Crippen molar-refractivity contribution in [3.8, 4) is 0 Å². The van der Waals surface area contributed by atoms with Crippen molar-refractivity contribution >= 4 is 37.2 Å². The molecule has 2 N–H and O–H groups in total. The number of pyridine rings is 1. The van der Waals surface area contributed by atoms with Crippen molar-refractivity contribution in [1.82, 2.24) is 20.1 Å². The van der Waals surface area contributed by atoms with Gasteiger partial charge in [0.2, 0.25) is 11.8 Å². The summed E-state index contributed by atoms with van der Waals surface area (Å²) in [4.78, 5) is 68.5. The highest BCUT2D eigenvalue weighted by Gasteiger charge is 2.50. The lowest BCUT2D eigenvalue weighted by Crippen LogP contribution is -2.55. The Kier molecular flexibility index (Phi) is 11.9. The van der Waals surface area contributed by atoms with Crippen LogP contribution in [0.15, 0.2) is 77.7 Å². The Morgan fingerprint density at radius 2 is 1.60 bits per heavy atom. The van der Waals surface area contributed by atoms with E-state index in [1.807, 2.05) is 73.3 Å². The molecule has 0 saturated carbocycles. The first-order valence-electron chi connectivity index (χ1n) is 16.5. The van der Waals surface area contributed by atoms with Gasteiger partial charge in [0.25, 0.3) is 11.5 Å². The first-order chi connectivity index (χ1) is 22.6. The first-order valence-corrected chi connectivity index (χ1v) is 16.5. The number of aryl methyl sites for hydroxylation is 1. The smallest absolute Gasteiger partial charge is 0.328 e. The predicted molar refractivity (Wildman–Crippen MR) is 188 cm³/mol. The summed E-state index contributed by atoms with van der Waals surface area (Å²) in [5, 5.41) is 6.00. The summed E-state index contributed by atoms with van der Waals surface area (Å²) in [5.74, 6) is -1.81. The molecule has 0 spiro atoms. The van der Waals surface area contributed by atoms with Gasteiger partial charge in [-0.1, -0.05) is 68.4 Å². The SMILES string of the molecule is CCOC(=O)[C@H](NC(=O)[C@@]1(c2ccccc2)CC[C@H](C(=O)N2CCC(NC(=O)c3cccn(C)c3=O)CC2)c2ccccc21)C(C)C.S. The van der Waals surface area contributed by atoms with Crippen molar-refractivity contribution in [2.24, 2.45) is 13.0 Å². The fraction of sp³-hybridized carbons (Fsp3) is 0.432. The average molecular weight is 675 g/mol. The Balaban J connectivity index is 0.00000520. The Morgan fingerprint density at radius 3 is 2.27 bits per heavy atom. The van der Waals surface area contributed by atoms with Crippen molar-refractivity contribution in [1.29, 1.82) is 0 Å². The molecular weight excluding hydrogens is 628 g/mol. The fourth-order valence-electron chi connectivity index (χ4n) is 6.98. The fourth-order valence-corrected chi connectivity index (χ4v) is 6.98. The van der Waals surface area contributed by atoms with E-state index in [-0.39, 0.29) is 55.0 Å². The average Bonchev–Trinajstić information content (AvgIpc) is 3.08. The molecule has 11 heteroatoms. The van der Waals surface area contributed by atoms with Gasteiger partial charge in [-0.3, -0.25) is 19.2 Å². The number of hydrogen-bond acceptors (Lipinski definition) is 6. The first kappa shape index (κ1) is 36.5. The molecule has 3 aromatic rings. The summed E-state index contributed by atoms with van der Waals surface area (Å²) in [5.41, 5.74) is 0.989. The van der Waals surface area contributed by atoms with E-state index in [4.69, 9.17) is 4.74 Å². The van der Waals surface area contributed by atoms with Crippen LogP contribution >= 0.6 is 13.5 Å². The van der Waals surface area contributed by atoms with Gasteiger partial charge < -0.3 is 24.8 Å². The van der Waals surface area contributed by atoms with Crippen LogP contribution in [0.3, 0.4) is 0 Å². The van der Waals surface area contributed by atoms with Crippen molar-refractivity contribution in [3.05, 3.63) is 106 Å². The number of likely N-dealkylation sites (tertiary alicyclic amines) is 1. The summed E-state index contributed by atoms with van der Waals surface area (Å²) >= 11 is 0. The summed E-state index contributed by atoms with van der Waals surface area (Å²) in [6.07, 6.45) is 3.56. The summed E-state index contributed by atoms with van der Waals surface area (Å²) < 4.78 is 6.67. The van der Waals surface area contributed by atoms with Gasteiger partial charge >= 0.3 is 5.97 Å². The van der Waals surface area contributed by atoms with Crippen molar-refractivity contribution in [2.75, 3.05) is 19.7 Å². The van der Waals surface area contributed by atoms with Crippen LogP contribution in [-0.2, 0) is 31.6 Å².